The topological polar surface area (TPSA) is 58.6 Å². The van der Waals surface area contributed by atoms with Gasteiger partial charge in [-0.15, -0.1) is 0 Å². The van der Waals surface area contributed by atoms with E-state index >= 15 is 0 Å². The molecule has 1 aliphatic heterocycles. The Morgan fingerprint density at radius 2 is 1.94 bits per heavy atom. The largest absolute Gasteiger partial charge is 0.334 e. The molecule has 0 aromatic heterocycles. The summed E-state index contributed by atoms with van der Waals surface area (Å²) in [6.45, 7) is 2.19. The average molecular weight is 234 g/mol. The van der Waals surface area contributed by atoms with Crippen molar-refractivity contribution in [2.75, 3.05) is 13.7 Å². The number of amides is 2. The lowest BCUT2D eigenvalue weighted by Crippen LogP contribution is -2.50. The molecule has 1 aromatic carbocycles. The number of benzene rings is 1. The molecule has 1 aliphatic rings. The standard InChI is InChI=1S/C12H14N2O3/c1-3-17-12(9-7-5-4-6-8-9)13-10(15)11(16)14(12)2/h4-8H,3H2,1-2H3,(H,13,15). The Morgan fingerprint density at radius 3 is 2.41 bits per heavy atom. The maximum absolute atomic E-state index is 11.6. The maximum Gasteiger partial charge on any atom is 0.315 e. The molecule has 5 heteroatoms. The minimum Gasteiger partial charge on any atom is -0.334 e. The normalized spacial score (nSPS) is 24.0. The van der Waals surface area contributed by atoms with E-state index in [2.05, 4.69) is 5.32 Å². The summed E-state index contributed by atoms with van der Waals surface area (Å²) in [7, 11) is 1.54. The van der Waals surface area contributed by atoms with Crippen LogP contribution in [0.2, 0.25) is 0 Å². The Hall–Kier alpha value is -1.88. The molecule has 90 valence electrons. The average Bonchev–Trinajstić information content (AvgIpc) is 2.57. The van der Waals surface area contributed by atoms with Crippen molar-refractivity contribution >= 4 is 11.8 Å². The second-order valence-corrected chi connectivity index (χ2v) is 3.76. The summed E-state index contributed by atoms with van der Waals surface area (Å²) in [6, 6.07) is 9.15. The minimum atomic E-state index is -1.18. The number of rotatable bonds is 3. The first-order chi connectivity index (χ1) is 8.12. The fraction of sp³-hybridized carbons (Fsp3) is 0.333. The highest BCUT2D eigenvalue weighted by molar-refractivity contribution is 6.37. The highest BCUT2D eigenvalue weighted by Crippen LogP contribution is 2.30. The van der Waals surface area contributed by atoms with Crippen LogP contribution in [0.25, 0.3) is 0 Å². The predicted octanol–water partition coefficient (Wildman–Crippen LogP) is 0.422. The van der Waals surface area contributed by atoms with Gasteiger partial charge >= 0.3 is 11.8 Å². The maximum atomic E-state index is 11.6. The van der Waals surface area contributed by atoms with E-state index in [9.17, 15) is 9.59 Å². The molecule has 1 unspecified atom stereocenters. The van der Waals surface area contributed by atoms with Crippen LogP contribution in [0.15, 0.2) is 30.3 Å². The number of carbonyl (C=O) groups is 2. The molecule has 1 atom stereocenters. The summed E-state index contributed by atoms with van der Waals surface area (Å²) in [5, 5.41) is 2.60. The molecule has 5 nitrogen and oxygen atoms in total. The predicted molar refractivity (Wildman–Crippen MR) is 60.7 cm³/mol. The van der Waals surface area contributed by atoms with Crippen molar-refractivity contribution in [1.29, 1.82) is 0 Å². The lowest BCUT2D eigenvalue weighted by atomic mass is 10.1. The van der Waals surface area contributed by atoms with Gasteiger partial charge in [0, 0.05) is 19.2 Å². The van der Waals surface area contributed by atoms with Crippen LogP contribution in [0.1, 0.15) is 12.5 Å². The molecule has 0 saturated carbocycles. The third-order valence-electron chi connectivity index (χ3n) is 2.77. The molecule has 0 bridgehead atoms. The van der Waals surface area contributed by atoms with Crippen molar-refractivity contribution in [2.24, 2.45) is 0 Å². The number of nitrogens with one attached hydrogen (secondary N) is 1. The number of carbonyl (C=O) groups excluding carboxylic acids is 2. The van der Waals surface area contributed by atoms with Gasteiger partial charge < -0.3 is 4.74 Å². The first kappa shape index (κ1) is 11.6. The first-order valence-corrected chi connectivity index (χ1v) is 5.41. The summed E-state index contributed by atoms with van der Waals surface area (Å²) in [5.74, 6) is -2.42. The molecule has 2 amide bonds. The lowest BCUT2D eigenvalue weighted by Gasteiger charge is -2.34. The van der Waals surface area contributed by atoms with Crippen LogP contribution in [0.4, 0.5) is 0 Å². The lowest BCUT2D eigenvalue weighted by molar-refractivity contribution is -0.163. The fourth-order valence-corrected chi connectivity index (χ4v) is 1.94. The van der Waals surface area contributed by atoms with Crippen LogP contribution in [0, 0.1) is 0 Å². The highest BCUT2D eigenvalue weighted by atomic mass is 16.5. The van der Waals surface area contributed by atoms with Gasteiger partial charge in [-0.25, -0.2) is 0 Å². The van der Waals surface area contributed by atoms with E-state index in [1.807, 2.05) is 37.3 Å². The number of nitrogens with zero attached hydrogens (tertiary/aromatic N) is 1. The fourth-order valence-electron chi connectivity index (χ4n) is 1.94. The molecule has 1 fully saturated rings. The molecule has 0 spiro atoms. The third kappa shape index (κ3) is 1.68. The molecule has 1 N–H and O–H groups in total. The Bertz CT molecular complexity index is 446. The summed E-state index contributed by atoms with van der Waals surface area (Å²) in [5.41, 5.74) is 0.726. The van der Waals surface area contributed by atoms with Gasteiger partial charge in [0.05, 0.1) is 0 Å². The molecule has 17 heavy (non-hydrogen) atoms. The van der Waals surface area contributed by atoms with Crippen LogP contribution >= 0.6 is 0 Å². The first-order valence-electron chi connectivity index (χ1n) is 5.41. The van der Waals surface area contributed by atoms with E-state index in [0.29, 0.717) is 6.61 Å². The van der Waals surface area contributed by atoms with Crippen molar-refractivity contribution in [3.63, 3.8) is 0 Å². The molecular formula is C12H14N2O3. The number of hydrogen-bond donors (Lipinski definition) is 1. The van der Waals surface area contributed by atoms with Crippen molar-refractivity contribution in [3.05, 3.63) is 35.9 Å². The summed E-state index contributed by atoms with van der Waals surface area (Å²) < 4.78 is 5.60. The van der Waals surface area contributed by atoms with E-state index in [0.717, 1.165) is 5.56 Å². The van der Waals surface area contributed by atoms with Gasteiger partial charge in [0.2, 0.25) is 0 Å². The monoisotopic (exact) mass is 234 g/mol. The smallest absolute Gasteiger partial charge is 0.315 e. The number of ether oxygens (including phenoxy) is 1. The van der Waals surface area contributed by atoms with Gasteiger partial charge in [-0.3, -0.25) is 19.8 Å². The van der Waals surface area contributed by atoms with Crippen molar-refractivity contribution in [1.82, 2.24) is 10.2 Å². The summed E-state index contributed by atoms with van der Waals surface area (Å²) in [6.07, 6.45) is 0. The van der Waals surface area contributed by atoms with E-state index in [1.54, 1.807) is 7.05 Å². The second kappa shape index (κ2) is 4.18. The molecule has 0 radical (unpaired) electrons. The van der Waals surface area contributed by atoms with Gasteiger partial charge in [0.25, 0.3) is 5.85 Å². The summed E-state index contributed by atoms with van der Waals surface area (Å²) in [4.78, 5) is 24.4. The van der Waals surface area contributed by atoms with E-state index in [4.69, 9.17) is 4.74 Å². The number of likely N-dealkylation sites (N-methyl/N-ethyl adjacent to an activating group) is 1. The van der Waals surface area contributed by atoms with Gasteiger partial charge in [0.1, 0.15) is 0 Å². The van der Waals surface area contributed by atoms with E-state index in [1.165, 1.54) is 4.90 Å². The van der Waals surface area contributed by atoms with Gasteiger partial charge in [-0.05, 0) is 6.92 Å². The molecule has 1 heterocycles. The van der Waals surface area contributed by atoms with Crippen LogP contribution in [0.3, 0.4) is 0 Å². The molecule has 1 aromatic rings. The molecule has 2 rings (SSSR count). The Morgan fingerprint density at radius 1 is 1.29 bits per heavy atom. The molecule has 1 saturated heterocycles. The van der Waals surface area contributed by atoms with Crippen LogP contribution in [-0.4, -0.2) is 30.4 Å². The Labute approximate surface area is 99.4 Å². The van der Waals surface area contributed by atoms with Gasteiger partial charge in [0.15, 0.2) is 0 Å². The van der Waals surface area contributed by atoms with Crippen molar-refractivity contribution in [3.8, 4) is 0 Å². The van der Waals surface area contributed by atoms with Crippen LogP contribution in [0.5, 0.6) is 0 Å². The van der Waals surface area contributed by atoms with E-state index < -0.39 is 17.7 Å². The van der Waals surface area contributed by atoms with E-state index in [-0.39, 0.29) is 0 Å². The second-order valence-electron chi connectivity index (χ2n) is 3.76. The van der Waals surface area contributed by atoms with Gasteiger partial charge in [-0.1, -0.05) is 30.3 Å². The zero-order valence-corrected chi connectivity index (χ0v) is 9.77. The number of hydrogen-bond acceptors (Lipinski definition) is 3. The Kier molecular flexibility index (Phi) is 2.85. The SMILES string of the molecule is CCOC1(c2ccccc2)NC(=O)C(=O)N1C. The summed E-state index contributed by atoms with van der Waals surface area (Å²) >= 11 is 0. The zero-order valence-electron chi connectivity index (χ0n) is 9.77. The van der Waals surface area contributed by atoms with Crippen molar-refractivity contribution in [2.45, 2.75) is 12.8 Å². The third-order valence-corrected chi connectivity index (χ3v) is 2.77. The van der Waals surface area contributed by atoms with Crippen LogP contribution < -0.4 is 5.32 Å². The quantitative estimate of drug-likeness (QED) is 0.771. The Balaban J connectivity index is 2.48. The zero-order chi connectivity index (χ0) is 12.5. The van der Waals surface area contributed by atoms with Crippen LogP contribution in [-0.2, 0) is 20.2 Å². The molecule has 0 aliphatic carbocycles. The van der Waals surface area contributed by atoms with Crippen molar-refractivity contribution < 1.29 is 14.3 Å². The van der Waals surface area contributed by atoms with Gasteiger partial charge in [-0.2, -0.15) is 0 Å². The molecular weight excluding hydrogens is 220 g/mol. The highest BCUT2D eigenvalue weighted by Gasteiger charge is 2.50. The minimum absolute atomic E-state index is 0.382.